The topological polar surface area (TPSA) is 47.4 Å². The van der Waals surface area contributed by atoms with Crippen molar-refractivity contribution in [3.8, 4) is 0 Å². The van der Waals surface area contributed by atoms with Crippen molar-refractivity contribution in [1.82, 2.24) is 14.5 Å². The first-order chi connectivity index (χ1) is 10.0. The quantitative estimate of drug-likeness (QED) is 0.740. The lowest BCUT2D eigenvalue weighted by Crippen LogP contribution is -2.56. The van der Waals surface area contributed by atoms with E-state index in [-0.39, 0.29) is 22.3 Å². The third-order valence-electron chi connectivity index (χ3n) is 4.61. The van der Waals surface area contributed by atoms with Crippen LogP contribution >= 0.6 is 0 Å². The number of aromatic nitrogens is 2. The number of carbonyl (C=O) groups excluding carboxylic acids is 1. The highest BCUT2D eigenvalue weighted by molar-refractivity contribution is 5.92. The van der Waals surface area contributed by atoms with Crippen molar-refractivity contribution in [2.24, 2.45) is 5.41 Å². The molecule has 0 aliphatic carbocycles. The molecule has 1 fully saturated rings. The number of imidazole rings is 1. The number of hydrogen-bond acceptors (Lipinski definition) is 3. The van der Waals surface area contributed by atoms with Gasteiger partial charge in [-0.1, -0.05) is 20.8 Å². The number of fused-ring (bicyclic) bond motifs is 1. The first-order valence-corrected chi connectivity index (χ1v) is 7.99. The van der Waals surface area contributed by atoms with Crippen molar-refractivity contribution < 1.29 is 9.53 Å². The Balaban J connectivity index is 2.08. The number of ether oxygens (including phenoxy) is 1. The Morgan fingerprint density at radius 3 is 2.23 bits per heavy atom. The summed E-state index contributed by atoms with van der Waals surface area (Å²) >= 11 is 0. The SMILES string of the molecule is CC(C)(C)c1cn2c(n1)C(=O)N(C(C)(C)C)CC1(COC1)C2. The second-order valence-electron chi connectivity index (χ2n) is 8.88. The molecular formula is C17H27N3O2. The van der Waals surface area contributed by atoms with Crippen LogP contribution in [0, 0.1) is 5.41 Å². The minimum absolute atomic E-state index is 0.0318. The third-order valence-corrected chi connectivity index (χ3v) is 4.61. The Morgan fingerprint density at radius 1 is 1.14 bits per heavy atom. The second-order valence-corrected chi connectivity index (χ2v) is 8.88. The van der Waals surface area contributed by atoms with E-state index >= 15 is 0 Å². The molecule has 122 valence electrons. The zero-order valence-electron chi connectivity index (χ0n) is 14.6. The van der Waals surface area contributed by atoms with Crippen LogP contribution in [-0.4, -0.2) is 45.7 Å². The Kier molecular flexibility index (Phi) is 3.23. The van der Waals surface area contributed by atoms with Crippen molar-refractivity contribution in [3.05, 3.63) is 17.7 Å². The molecule has 5 nitrogen and oxygen atoms in total. The number of carbonyl (C=O) groups is 1. The molecule has 0 bridgehead atoms. The molecule has 2 aliphatic heterocycles. The van der Waals surface area contributed by atoms with E-state index in [1.807, 2.05) is 4.90 Å². The predicted octanol–water partition coefficient (Wildman–Crippen LogP) is 2.45. The van der Waals surface area contributed by atoms with Gasteiger partial charge in [-0.25, -0.2) is 4.98 Å². The van der Waals surface area contributed by atoms with Gasteiger partial charge in [0, 0.05) is 30.2 Å². The molecule has 3 heterocycles. The zero-order chi connectivity index (χ0) is 16.3. The van der Waals surface area contributed by atoms with E-state index in [9.17, 15) is 4.79 Å². The Bertz CT molecular complexity index is 600. The molecule has 1 spiro atoms. The van der Waals surface area contributed by atoms with Crippen LogP contribution in [0.15, 0.2) is 6.20 Å². The van der Waals surface area contributed by atoms with E-state index in [0.717, 1.165) is 32.0 Å². The summed E-state index contributed by atoms with van der Waals surface area (Å²) in [5.41, 5.74) is 0.726. The summed E-state index contributed by atoms with van der Waals surface area (Å²) in [6, 6.07) is 0. The molecule has 2 aliphatic rings. The zero-order valence-corrected chi connectivity index (χ0v) is 14.6. The minimum Gasteiger partial charge on any atom is -0.380 e. The minimum atomic E-state index is -0.220. The average Bonchev–Trinajstić information content (AvgIpc) is 2.68. The summed E-state index contributed by atoms with van der Waals surface area (Å²) in [6.07, 6.45) is 2.06. The molecule has 0 saturated carbocycles. The normalized spacial score (nSPS) is 21.5. The molecule has 0 unspecified atom stereocenters. The molecule has 1 saturated heterocycles. The number of amides is 1. The first-order valence-electron chi connectivity index (χ1n) is 7.99. The van der Waals surface area contributed by atoms with Crippen LogP contribution in [0.25, 0.3) is 0 Å². The third kappa shape index (κ3) is 2.45. The number of hydrogen-bond donors (Lipinski definition) is 0. The molecular weight excluding hydrogens is 278 g/mol. The van der Waals surface area contributed by atoms with E-state index in [0.29, 0.717) is 5.82 Å². The van der Waals surface area contributed by atoms with E-state index < -0.39 is 0 Å². The molecule has 0 N–H and O–H groups in total. The molecule has 0 radical (unpaired) electrons. The van der Waals surface area contributed by atoms with Gasteiger partial charge in [0.2, 0.25) is 0 Å². The lowest BCUT2D eigenvalue weighted by Gasteiger charge is -2.46. The smallest absolute Gasteiger partial charge is 0.290 e. The second kappa shape index (κ2) is 4.57. The Morgan fingerprint density at radius 2 is 1.77 bits per heavy atom. The molecule has 1 aromatic heterocycles. The lowest BCUT2D eigenvalue weighted by molar-refractivity contribution is -0.134. The van der Waals surface area contributed by atoms with Crippen molar-refractivity contribution >= 4 is 5.91 Å². The van der Waals surface area contributed by atoms with Gasteiger partial charge >= 0.3 is 0 Å². The highest BCUT2D eigenvalue weighted by Gasteiger charge is 2.47. The fourth-order valence-corrected chi connectivity index (χ4v) is 3.12. The largest absolute Gasteiger partial charge is 0.380 e. The van der Waals surface area contributed by atoms with Gasteiger partial charge < -0.3 is 14.2 Å². The summed E-state index contributed by atoms with van der Waals surface area (Å²) < 4.78 is 7.54. The van der Waals surface area contributed by atoms with E-state index in [1.54, 1.807) is 0 Å². The van der Waals surface area contributed by atoms with Crippen LogP contribution in [0.4, 0.5) is 0 Å². The van der Waals surface area contributed by atoms with Crippen LogP contribution in [0.2, 0.25) is 0 Å². The summed E-state index contributed by atoms with van der Waals surface area (Å²) in [7, 11) is 0. The molecule has 1 aromatic rings. The average molecular weight is 305 g/mol. The maximum Gasteiger partial charge on any atom is 0.290 e. The van der Waals surface area contributed by atoms with Crippen LogP contribution in [0.1, 0.15) is 57.9 Å². The highest BCUT2D eigenvalue weighted by Crippen LogP contribution is 2.37. The van der Waals surface area contributed by atoms with Gasteiger partial charge in [-0.3, -0.25) is 4.79 Å². The maximum atomic E-state index is 13.1. The van der Waals surface area contributed by atoms with Crippen molar-refractivity contribution in [2.75, 3.05) is 19.8 Å². The van der Waals surface area contributed by atoms with Gasteiger partial charge in [-0.05, 0) is 20.8 Å². The Hall–Kier alpha value is -1.36. The van der Waals surface area contributed by atoms with E-state index in [4.69, 9.17) is 4.74 Å². The molecule has 0 aromatic carbocycles. The summed E-state index contributed by atoms with van der Waals surface area (Å²) in [6.45, 7) is 15.6. The van der Waals surface area contributed by atoms with Gasteiger partial charge in [0.05, 0.1) is 24.3 Å². The molecule has 1 amide bonds. The maximum absolute atomic E-state index is 13.1. The Labute approximate surface area is 132 Å². The standard InChI is InChI=1S/C17H27N3O2/c1-15(2,3)12-7-19-8-17(10-22-11-17)9-20(16(4,5)6)14(21)13(19)18-12/h7H,8-11H2,1-6H3. The van der Waals surface area contributed by atoms with Gasteiger partial charge in [-0.2, -0.15) is 0 Å². The van der Waals surface area contributed by atoms with Crippen LogP contribution in [0.5, 0.6) is 0 Å². The van der Waals surface area contributed by atoms with Gasteiger partial charge in [0.25, 0.3) is 5.91 Å². The molecule has 22 heavy (non-hydrogen) atoms. The molecule has 5 heteroatoms. The monoisotopic (exact) mass is 305 g/mol. The summed E-state index contributed by atoms with van der Waals surface area (Å²) in [4.78, 5) is 19.7. The van der Waals surface area contributed by atoms with Crippen LogP contribution < -0.4 is 0 Å². The number of nitrogens with zero attached hydrogens (tertiary/aromatic N) is 3. The fourth-order valence-electron chi connectivity index (χ4n) is 3.12. The van der Waals surface area contributed by atoms with E-state index in [2.05, 4.69) is 57.3 Å². The molecule has 3 rings (SSSR count). The van der Waals surface area contributed by atoms with E-state index in [1.165, 1.54) is 0 Å². The van der Waals surface area contributed by atoms with Crippen LogP contribution in [0.3, 0.4) is 0 Å². The van der Waals surface area contributed by atoms with Gasteiger partial charge in [0.15, 0.2) is 5.82 Å². The van der Waals surface area contributed by atoms with Crippen LogP contribution in [-0.2, 0) is 16.7 Å². The fraction of sp³-hybridized carbons (Fsp3) is 0.765. The van der Waals surface area contributed by atoms with Gasteiger partial charge in [-0.15, -0.1) is 0 Å². The lowest BCUT2D eigenvalue weighted by atomic mass is 9.84. The van der Waals surface area contributed by atoms with Crippen molar-refractivity contribution in [1.29, 1.82) is 0 Å². The van der Waals surface area contributed by atoms with Gasteiger partial charge in [0.1, 0.15) is 0 Å². The highest BCUT2D eigenvalue weighted by atomic mass is 16.5. The summed E-state index contributed by atoms with van der Waals surface area (Å²) in [5.74, 6) is 0.607. The predicted molar refractivity (Wildman–Crippen MR) is 85.0 cm³/mol. The first kappa shape index (κ1) is 15.5. The van der Waals surface area contributed by atoms with Crippen molar-refractivity contribution in [2.45, 2.75) is 59.0 Å². The molecule has 0 atom stereocenters. The number of rotatable bonds is 0. The van der Waals surface area contributed by atoms with Crippen molar-refractivity contribution in [3.63, 3.8) is 0 Å². The summed E-state index contributed by atoms with van der Waals surface area (Å²) in [5, 5.41) is 0.